The SMILES string of the molecule is Cc1nnc(NC(=O)CC(C)(C)C)s1. The molecule has 78 valence electrons. The van der Waals surface area contributed by atoms with Crippen LogP contribution in [0.1, 0.15) is 32.2 Å². The van der Waals surface area contributed by atoms with Crippen LogP contribution in [0, 0.1) is 12.3 Å². The van der Waals surface area contributed by atoms with Crippen LogP contribution < -0.4 is 5.32 Å². The summed E-state index contributed by atoms with van der Waals surface area (Å²) in [6.07, 6.45) is 0.492. The summed E-state index contributed by atoms with van der Waals surface area (Å²) >= 11 is 1.39. The molecule has 1 aromatic heterocycles. The van der Waals surface area contributed by atoms with Crippen LogP contribution in [-0.2, 0) is 4.79 Å². The first-order valence-corrected chi connectivity index (χ1v) is 5.28. The standard InChI is InChI=1S/C9H15N3OS/c1-6-11-12-8(14-6)10-7(13)5-9(2,3)4/h5H2,1-4H3,(H,10,12,13). The molecule has 0 aliphatic carbocycles. The van der Waals surface area contributed by atoms with E-state index in [4.69, 9.17) is 0 Å². The number of hydrogen-bond acceptors (Lipinski definition) is 4. The quantitative estimate of drug-likeness (QED) is 0.819. The molecule has 1 amide bonds. The molecule has 4 nitrogen and oxygen atoms in total. The molecule has 1 heterocycles. The summed E-state index contributed by atoms with van der Waals surface area (Å²) in [5, 5.41) is 11.8. The number of aryl methyl sites for hydroxylation is 1. The summed E-state index contributed by atoms with van der Waals surface area (Å²) in [5.74, 6) is -0.00588. The number of amides is 1. The fourth-order valence-corrected chi connectivity index (χ4v) is 1.60. The van der Waals surface area contributed by atoms with E-state index in [2.05, 4.69) is 15.5 Å². The van der Waals surface area contributed by atoms with Crippen LogP contribution in [0.2, 0.25) is 0 Å². The van der Waals surface area contributed by atoms with Crippen molar-refractivity contribution in [3.05, 3.63) is 5.01 Å². The zero-order valence-corrected chi connectivity index (χ0v) is 9.73. The Balaban J connectivity index is 2.50. The van der Waals surface area contributed by atoms with Crippen LogP contribution in [0.25, 0.3) is 0 Å². The van der Waals surface area contributed by atoms with Crippen molar-refractivity contribution in [2.75, 3.05) is 5.32 Å². The van der Waals surface area contributed by atoms with E-state index in [9.17, 15) is 4.79 Å². The maximum atomic E-state index is 11.5. The van der Waals surface area contributed by atoms with Crippen LogP contribution >= 0.6 is 11.3 Å². The molecule has 5 heteroatoms. The number of nitrogens with one attached hydrogen (secondary N) is 1. The maximum Gasteiger partial charge on any atom is 0.226 e. The van der Waals surface area contributed by atoms with Gasteiger partial charge in [0.05, 0.1) is 0 Å². The van der Waals surface area contributed by atoms with E-state index in [0.717, 1.165) is 5.01 Å². The smallest absolute Gasteiger partial charge is 0.226 e. The van der Waals surface area contributed by atoms with Crippen molar-refractivity contribution in [1.82, 2.24) is 10.2 Å². The predicted octanol–water partition coefficient (Wildman–Crippen LogP) is 2.22. The third kappa shape index (κ3) is 3.83. The van der Waals surface area contributed by atoms with E-state index in [1.165, 1.54) is 11.3 Å². The fraction of sp³-hybridized carbons (Fsp3) is 0.667. The van der Waals surface area contributed by atoms with Gasteiger partial charge in [0, 0.05) is 6.42 Å². The molecule has 0 aliphatic rings. The van der Waals surface area contributed by atoms with Gasteiger partial charge >= 0.3 is 0 Å². The van der Waals surface area contributed by atoms with Crippen molar-refractivity contribution < 1.29 is 4.79 Å². The van der Waals surface area contributed by atoms with Gasteiger partial charge in [0.1, 0.15) is 5.01 Å². The maximum absolute atomic E-state index is 11.5. The second kappa shape index (κ2) is 4.04. The van der Waals surface area contributed by atoms with E-state index < -0.39 is 0 Å². The van der Waals surface area contributed by atoms with Crippen molar-refractivity contribution in [3.8, 4) is 0 Å². The summed E-state index contributed by atoms with van der Waals surface area (Å²) in [5.41, 5.74) is 0.00379. The number of hydrogen-bond donors (Lipinski definition) is 1. The number of carbonyl (C=O) groups excluding carboxylic acids is 1. The third-order valence-corrected chi connectivity index (χ3v) is 2.22. The minimum Gasteiger partial charge on any atom is -0.301 e. The third-order valence-electron chi connectivity index (χ3n) is 1.46. The molecule has 0 fully saturated rings. The van der Waals surface area contributed by atoms with Crippen LogP contribution in [0.5, 0.6) is 0 Å². The highest BCUT2D eigenvalue weighted by molar-refractivity contribution is 7.15. The average Bonchev–Trinajstić information content (AvgIpc) is 2.30. The Morgan fingerprint density at radius 3 is 2.50 bits per heavy atom. The van der Waals surface area contributed by atoms with Crippen molar-refractivity contribution in [2.24, 2.45) is 5.41 Å². The number of anilines is 1. The van der Waals surface area contributed by atoms with Gasteiger partial charge in [-0.05, 0) is 12.3 Å². The second-order valence-electron chi connectivity index (χ2n) is 4.41. The van der Waals surface area contributed by atoms with E-state index in [0.29, 0.717) is 11.6 Å². The number of nitrogens with zero attached hydrogens (tertiary/aromatic N) is 2. The summed E-state index contributed by atoms with van der Waals surface area (Å²) in [7, 11) is 0. The van der Waals surface area contributed by atoms with Crippen molar-refractivity contribution in [2.45, 2.75) is 34.1 Å². The van der Waals surface area contributed by atoms with Crippen molar-refractivity contribution in [1.29, 1.82) is 0 Å². The fourth-order valence-electron chi connectivity index (χ4n) is 0.992. The molecule has 1 aromatic rings. The van der Waals surface area contributed by atoms with E-state index in [1.807, 2.05) is 27.7 Å². The molecule has 0 aliphatic heterocycles. The molecule has 0 radical (unpaired) electrons. The Bertz CT molecular complexity index is 327. The monoisotopic (exact) mass is 213 g/mol. The van der Waals surface area contributed by atoms with E-state index in [-0.39, 0.29) is 11.3 Å². The molecule has 0 atom stereocenters. The number of rotatable bonds is 2. The van der Waals surface area contributed by atoms with Gasteiger partial charge in [-0.15, -0.1) is 10.2 Å². The van der Waals surface area contributed by atoms with Gasteiger partial charge in [-0.1, -0.05) is 32.1 Å². The van der Waals surface area contributed by atoms with Crippen molar-refractivity contribution >= 4 is 22.4 Å². The highest BCUT2D eigenvalue weighted by Crippen LogP contribution is 2.20. The Hall–Kier alpha value is -0.970. The molecular formula is C9H15N3OS. The predicted molar refractivity (Wildman–Crippen MR) is 57.3 cm³/mol. The van der Waals surface area contributed by atoms with E-state index in [1.54, 1.807) is 0 Å². The summed E-state index contributed by atoms with van der Waals surface area (Å²) in [6.45, 7) is 7.94. The lowest BCUT2D eigenvalue weighted by molar-refractivity contribution is -0.117. The van der Waals surface area contributed by atoms with Gasteiger partial charge < -0.3 is 5.32 Å². The summed E-state index contributed by atoms with van der Waals surface area (Å²) < 4.78 is 0. The Morgan fingerprint density at radius 1 is 1.43 bits per heavy atom. The highest BCUT2D eigenvalue weighted by atomic mass is 32.1. The average molecular weight is 213 g/mol. The largest absolute Gasteiger partial charge is 0.301 e. The molecule has 14 heavy (non-hydrogen) atoms. The lowest BCUT2D eigenvalue weighted by atomic mass is 9.92. The Kier molecular flexibility index (Phi) is 3.21. The summed E-state index contributed by atoms with van der Waals surface area (Å²) in [6, 6.07) is 0. The van der Waals surface area contributed by atoms with Gasteiger partial charge in [-0.2, -0.15) is 0 Å². The van der Waals surface area contributed by atoms with Crippen molar-refractivity contribution in [3.63, 3.8) is 0 Å². The molecule has 0 unspecified atom stereocenters. The van der Waals surface area contributed by atoms with Gasteiger partial charge in [0.25, 0.3) is 0 Å². The molecule has 1 N–H and O–H groups in total. The van der Waals surface area contributed by atoms with Crippen LogP contribution in [-0.4, -0.2) is 16.1 Å². The molecule has 0 bridgehead atoms. The Morgan fingerprint density at radius 2 is 2.07 bits per heavy atom. The first-order valence-electron chi connectivity index (χ1n) is 4.47. The lowest BCUT2D eigenvalue weighted by Crippen LogP contribution is -2.19. The topological polar surface area (TPSA) is 54.9 Å². The first-order chi connectivity index (χ1) is 6.37. The molecule has 0 saturated carbocycles. The van der Waals surface area contributed by atoms with Crippen LogP contribution in [0.3, 0.4) is 0 Å². The zero-order chi connectivity index (χ0) is 10.8. The number of aromatic nitrogens is 2. The minimum atomic E-state index is -0.00588. The van der Waals surface area contributed by atoms with Gasteiger partial charge in [0.2, 0.25) is 11.0 Å². The molecular weight excluding hydrogens is 198 g/mol. The summed E-state index contributed by atoms with van der Waals surface area (Å²) in [4.78, 5) is 11.5. The molecule has 0 aromatic carbocycles. The van der Waals surface area contributed by atoms with Gasteiger partial charge in [0.15, 0.2) is 0 Å². The van der Waals surface area contributed by atoms with E-state index >= 15 is 0 Å². The lowest BCUT2D eigenvalue weighted by Gasteiger charge is -2.16. The molecule has 0 spiro atoms. The highest BCUT2D eigenvalue weighted by Gasteiger charge is 2.16. The van der Waals surface area contributed by atoms with Crippen LogP contribution in [0.4, 0.5) is 5.13 Å². The molecule has 0 saturated heterocycles. The number of carbonyl (C=O) groups is 1. The Labute approximate surface area is 87.7 Å². The minimum absolute atomic E-state index is 0.00379. The zero-order valence-electron chi connectivity index (χ0n) is 8.92. The van der Waals surface area contributed by atoms with Crippen LogP contribution in [0.15, 0.2) is 0 Å². The normalized spacial score (nSPS) is 11.4. The first kappa shape index (κ1) is 11.1. The second-order valence-corrected chi connectivity index (χ2v) is 5.59. The van der Waals surface area contributed by atoms with Gasteiger partial charge in [-0.25, -0.2) is 0 Å². The molecule has 1 rings (SSSR count). The van der Waals surface area contributed by atoms with Gasteiger partial charge in [-0.3, -0.25) is 4.79 Å².